The molecular formula is C11H8O3. The summed E-state index contributed by atoms with van der Waals surface area (Å²) in [5.41, 5.74) is 1.15. The quantitative estimate of drug-likeness (QED) is 0.421. The van der Waals surface area contributed by atoms with E-state index in [1.807, 2.05) is 12.1 Å². The van der Waals surface area contributed by atoms with Crippen molar-refractivity contribution in [3.63, 3.8) is 0 Å². The van der Waals surface area contributed by atoms with E-state index < -0.39 is 0 Å². The molecule has 0 aliphatic carbocycles. The second-order valence-corrected chi connectivity index (χ2v) is 2.94. The van der Waals surface area contributed by atoms with Crippen LogP contribution in [0, 0.1) is 0 Å². The fourth-order valence-corrected chi connectivity index (χ4v) is 1.38. The number of hydrogen-bond acceptors (Lipinski definition) is 3. The van der Waals surface area contributed by atoms with E-state index in [2.05, 4.69) is 0 Å². The number of para-hydroxylation sites is 1. The molecule has 1 aromatic heterocycles. The Balaban J connectivity index is 2.52. The van der Waals surface area contributed by atoms with E-state index in [4.69, 9.17) is 4.42 Å². The van der Waals surface area contributed by atoms with Crippen molar-refractivity contribution < 1.29 is 14.0 Å². The summed E-state index contributed by atoms with van der Waals surface area (Å²) >= 11 is 0. The molecule has 14 heavy (non-hydrogen) atoms. The Bertz CT molecular complexity index is 482. The lowest BCUT2D eigenvalue weighted by Crippen LogP contribution is -1.97. The Kier molecular flexibility index (Phi) is 2.14. The molecule has 0 amide bonds. The first-order valence-electron chi connectivity index (χ1n) is 4.26. The summed E-state index contributed by atoms with van der Waals surface area (Å²) in [6, 6.07) is 7.25. The summed E-state index contributed by atoms with van der Waals surface area (Å²) in [7, 11) is 0. The standard InChI is InChI=1S/C11H8O3/c12-6-5-10(13)9-7-14-11-4-2-1-3-8(9)11/h1-4,6-7H,5H2. The zero-order chi connectivity index (χ0) is 9.97. The lowest BCUT2D eigenvalue weighted by molar-refractivity contribution is -0.107. The molecule has 0 saturated heterocycles. The van der Waals surface area contributed by atoms with Gasteiger partial charge in [0, 0.05) is 5.39 Å². The Morgan fingerprint density at radius 2 is 2.14 bits per heavy atom. The number of rotatable bonds is 3. The summed E-state index contributed by atoms with van der Waals surface area (Å²) in [5.74, 6) is -0.204. The molecule has 0 spiro atoms. The van der Waals surface area contributed by atoms with Crippen molar-refractivity contribution in [3.05, 3.63) is 36.1 Å². The summed E-state index contributed by atoms with van der Waals surface area (Å²) < 4.78 is 5.18. The zero-order valence-electron chi connectivity index (χ0n) is 7.40. The van der Waals surface area contributed by atoms with Crippen LogP contribution in [0.4, 0.5) is 0 Å². The van der Waals surface area contributed by atoms with E-state index in [1.54, 1.807) is 12.1 Å². The number of aldehydes is 1. The number of carbonyl (C=O) groups excluding carboxylic acids is 2. The number of benzene rings is 1. The van der Waals surface area contributed by atoms with Gasteiger partial charge in [0.1, 0.15) is 18.1 Å². The van der Waals surface area contributed by atoms with Gasteiger partial charge in [-0.15, -0.1) is 0 Å². The van der Waals surface area contributed by atoms with Gasteiger partial charge in [0.15, 0.2) is 5.78 Å². The minimum atomic E-state index is -0.204. The first kappa shape index (κ1) is 8.69. The summed E-state index contributed by atoms with van der Waals surface area (Å²) in [6.07, 6.45) is 1.91. The van der Waals surface area contributed by atoms with Gasteiger partial charge in [0.25, 0.3) is 0 Å². The third-order valence-corrected chi connectivity index (χ3v) is 2.05. The minimum Gasteiger partial charge on any atom is -0.464 e. The second kappa shape index (κ2) is 3.46. The van der Waals surface area contributed by atoms with Crippen LogP contribution < -0.4 is 0 Å². The molecule has 0 aliphatic rings. The first-order chi connectivity index (χ1) is 6.83. The van der Waals surface area contributed by atoms with Gasteiger partial charge in [-0.2, -0.15) is 0 Å². The van der Waals surface area contributed by atoms with Crippen LogP contribution in [0.3, 0.4) is 0 Å². The Morgan fingerprint density at radius 3 is 2.93 bits per heavy atom. The van der Waals surface area contributed by atoms with Gasteiger partial charge in [-0.1, -0.05) is 18.2 Å². The Labute approximate surface area is 80.3 Å². The molecule has 0 atom stereocenters. The SMILES string of the molecule is O=CCC(=O)c1coc2ccccc12. The molecule has 0 saturated carbocycles. The van der Waals surface area contributed by atoms with E-state index in [1.165, 1.54) is 6.26 Å². The van der Waals surface area contributed by atoms with E-state index >= 15 is 0 Å². The number of carbonyl (C=O) groups is 2. The smallest absolute Gasteiger partial charge is 0.173 e. The molecule has 0 fully saturated rings. The second-order valence-electron chi connectivity index (χ2n) is 2.94. The zero-order valence-corrected chi connectivity index (χ0v) is 7.40. The van der Waals surface area contributed by atoms with Crippen LogP contribution >= 0.6 is 0 Å². The van der Waals surface area contributed by atoms with Crippen molar-refractivity contribution in [1.82, 2.24) is 0 Å². The fourth-order valence-electron chi connectivity index (χ4n) is 1.38. The van der Waals surface area contributed by atoms with Gasteiger partial charge in [-0.3, -0.25) is 4.79 Å². The van der Waals surface area contributed by atoms with Crippen LogP contribution in [0.15, 0.2) is 34.9 Å². The predicted molar refractivity (Wildman–Crippen MR) is 51.2 cm³/mol. The molecule has 0 radical (unpaired) electrons. The van der Waals surface area contributed by atoms with Crippen molar-refractivity contribution >= 4 is 23.0 Å². The van der Waals surface area contributed by atoms with Crippen molar-refractivity contribution in [2.75, 3.05) is 0 Å². The highest BCUT2D eigenvalue weighted by Gasteiger charge is 2.11. The summed E-state index contributed by atoms with van der Waals surface area (Å²) in [6.45, 7) is 0. The number of fused-ring (bicyclic) bond motifs is 1. The molecule has 1 aromatic carbocycles. The number of furan rings is 1. The van der Waals surface area contributed by atoms with E-state index in [-0.39, 0.29) is 12.2 Å². The Hall–Kier alpha value is -1.90. The molecule has 0 N–H and O–H groups in total. The molecule has 0 bridgehead atoms. The Morgan fingerprint density at radius 1 is 1.36 bits per heavy atom. The third-order valence-electron chi connectivity index (χ3n) is 2.05. The maximum Gasteiger partial charge on any atom is 0.173 e. The van der Waals surface area contributed by atoms with E-state index in [0.29, 0.717) is 17.4 Å². The topological polar surface area (TPSA) is 47.3 Å². The normalized spacial score (nSPS) is 10.3. The predicted octanol–water partition coefficient (Wildman–Crippen LogP) is 2.20. The highest BCUT2D eigenvalue weighted by molar-refractivity contribution is 6.10. The van der Waals surface area contributed by atoms with Crippen LogP contribution in [0.5, 0.6) is 0 Å². The van der Waals surface area contributed by atoms with E-state index in [0.717, 1.165) is 5.39 Å². The molecule has 70 valence electrons. The van der Waals surface area contributed by atoms with Gasteiger partial charge in [-0.05, 0) is 6.07 Å². The molecule has 2 aromatic rings. The molecule has 3 nitrogen and oxygen atoms in total. The largest absolute Gasteiger partial charge is 0.464 e. The van der Waals surface area contributed by atoms with Gasteiger partial charge in [0.2, 0.25) is 0 Å². The molecular weight excluding hydrogens is 180 g/mol. The van der Waals surface area contributed by atoms with Gasteiger partial charge < -0.3 is 9.21 Å². The van der Waals surface area contributed by atoms with Crippen LogP contribution in [0.1, 0.15) is 16.8 Å². The summed E-state index contributed by atoms with van der Waals surface area (Å²) in [5, 5.41) is 0.763. The summed E-state index contributed by atoms with van der Waals surface area (Å²) in [4.78, 5) is 21.6. The maximum absolute atomic E-state index is 11.4. The van der Waals surface area contributed by atoms with Gasteiger partial charge in [0.05, 0.1) is 12.0 Å². The van der Waals surface area contributed by atoms with Gasteiger partial charge >= 0.3 is 0 Å². The van der Waals surface area contributed by atoms with Crippen LogP contribution in [-0.2, 0) is 4.79 Å². The van der Waals surface area contributed by atoms with Crippen LogP contribution in [0.25, 0.3) is 11.0 Å². The van der Waals surface area contributed by atoms with Crippen molar-refractivity contribution in [1.29, 1.82) is 0 Å². The van der Waals surface area contributed by atoms with Crippen molar-refractivity contribution in [2.24, 2.45) is 0 Å². The van der Waals surface area contributed by atoms with Crippen LogP contribution in [-0.4, -0.2) is 12.1 Å². The number of Topliss-reactive ketones (excluding diaryl/α,β-unsaturated/α-hetero) is 1. The fraction of sp³-hybridized carbons (Fsp3) is 0.0909. The minimum absolute atomic E-state index is 0.0937. The number of hydrogen-bond donors (Lipinski definition) is 0. The van der Waals surface area contributed by atoms with Crippen molar-refractivity contribution in [2.45, 2.75) is 6.42 Å². The first-order valence-corrected chi connectivity index (χ1v) is 4.26. The average Bonchev–Trinajstić information content (AvgIpc) is 2.61. The van der Waals surface area contributed by atoms with E-state index in [9.17, 15) is 9.59 Å². The number of ketones is 1. The lowest BCUT2D eigenvalue weighted by atomic mass is 10.1. The molecule has 0 unspecified atom stereocenters. The molecule has 2 rings (SSSR count). The molecule has 3 heteroatoms. The highest BCUT2D eigenvalue weighted by atomic mass is 16.3. The highest BCUT2D eigenvalue weighted by Crippen LogP contribution is 2.21. The van der Waals surface area contributed by atoms with Crippen molar-refractivity contribution in [3.8, 4) is 0 Å². The molecule has 1 heterocycles. The van der Waals surface area contributed by atoms with Crippen LogP contribution in [0.2, 0.25) is 0 Å². The molecule has 0 aliphatic heterocycles. The maximum atomic E-state index is 11.4. The lowest BCUT2D eigenvalue weighted by Gasteiger charge is -1.91. The third kappa shape index (κ3) is 1.33. The average molecular weight is 188 g/mol. The van der Waals surface area contributed by atoms with Gasteiger partial charge in [-0.25, -0.2) is 0 Å². The monoisotopic (exact) mass is 188 g/mol.